The number of halogens is 4. The summed E-state index contributed by atoms with van der Waals surface area (Å²) < 4.78 is 31.6. The summed E-state index contributed by atoms with van der Waals surface area (Å²) in [4.78, 5) is 9.62. The molecule has 54 valence electrons. The lowest BCUT2D eigenvalue weighted by Crippen LogP contribution is -2.30. The van der Waals surface area contributed by atoms with Gasteiger partial charge in [0.05, 0.1) is 0 Å². The van der Waals surface area contributed by atoms with Crippen LogP contribution in [0.15, 0.2) is 0 Å². The van der Waals surface area contributed by atoms with Gasteiger partial charge in [-0.25, -0.2) is 0 Å². The van der Waals surface area contributed by atoms with Crippen molar-refractivity contribution >= 4 is 28.6 Å². The summed E-state index contributed by atoms with van der Waals surface area (Å²) >= 11 is 0.814. The van der Waals surface area contributed by atoms with E-state index in [1.165, 1.54) is 0 Å². The van der Waals surface area contributed by atoms with Gasteiger partial charge in [0.25, 0.3) is 0 Å². The number of hydrogen-bond acceptors (Lipinski definition) is 1. The molecule has 0 aliphatic carbocycles. The van der Waals surface area contributed by atoms with Gasteiger partial charge in [-0.2, -0.15) is 13.2 Å². The van der Waals surface area contributed by atoms with Gasteiger partial charge in [0.2, 0.25) is 3.92 Å². The number of carboxylic acids is 1. The fourth-order valence-electron chi connectivity index (χ4n) is 0.140. The van der Waals surface area contributed by atoms with Crippen molar-refractivity contribution in [3.63, 3.8) is 0 Å². The van der Waals surface area contributed by atoms with Gasteiger partial charge < -0.3 is 5.11 Å². The van der Waals surface area contributed by atoms with Crippen molar-refractivity contribution in [3.05, 3.63) is 0 Å². The van der Waals surface area contributed by atoms with Gasteiger partial charge in [-0.3, -0.25) is 4.79 Å². The van der Waals surface area contributed by atoms with E-state index in [4.69, 9.17) is 5.11 Å². The predicted molar refractivity (Wildman–Crippen MR) is 31.5 cm³/mol. The molecule has 0 spiro atoms. The summed E-state index contributed by atoms with van der Waals surface area (Å²) in [5.41, 5.74) is 0. The van der Waals surface area contributed by atoms with Crippen LogP contribution in [-0.4, -0.2) is 21.2 Å². The first-order chi connectivity index (χ1) is 3.85. The van der Waals surface area contributed by atoms with E-state index in [1.807, 2.05) is 0 Å². The molecule has 0 saturated carbocycles. The van der Waals surface area contributed by atoms with Gasteiger partial charge >= 0.3 is 12.1 Å². The molecule has 0 unspecified atom stereocenters. The summed E-state index contributed by atoms with van der Waals surface area (Å²) in [5.74, 6) is -1.86. The second kappa shape index (κ2) is 2.72. The lowest BCUT2D eigenvalue weighted by atomic mass is 10.4. The second-order valence-corrected chi connectivity index (χ2v) is 2.49. The van der Waals surface area contributed by atoms with E-state index in [-0.39, 0.29) is 0 Å². The molecule has 0 aromatic carbocycles. The number of aliphatic carboxylic acids is 1. The normalized spacial score (nSPS) is 15.1. The molecule has 0 heterocycles. The van der Waals surface area contributed by atoms with Crippen molar-refractivity contribution < 1.29 is 23.1 Å². The Bertz CT molecular complexity index is 121. The van der Waals surface area contributed by atoms with Crippen LogP contribution in [-0.2, 0) is 4.79 Å². The zero-order valence-electron chi connectivity index (χ0n) is 3.94. The van der Waals surface area contributed by atoms with Gasteiger partial charge in [-0.1, -0.05) is 22.6 Å². The topological polar surface area (TPSA) is 37.3 Å². The average Bonchev–Trinajstić information content (AvgIpc) is 1.62. The first kappa shape index (κ1) is 8.99. The molecule has 2 nitrogen and oxygen atoms in total. The molecule has 0 aliphatic rings. The Morgan fingerprint density at radius 3 is 1.89 bits per heavy atom. The van der Waals surface area contributed by atoms with Gasteiger partial charge in [0.15, 0.2) is 0 Å². The van der Waals surface area contributed by atoms with Crippen LogP contribution in [0.1, 0.15) is 0 Å². The first-order valence-corrected chi connectivity index (χ1v) is 3.04. The van der Waals surface area contributed by atoms with Crippen molar-refractivity contribution in [2.75, 3.05) is 0 Å². The van der Waals surface area contributed by atoms with Crippen molar-refractivity contribution in [1.29, 1.82) is 0 Å². The molecule has 0 aliphatic heterocycles. The molecule has 9 heavy (non-hydrogen) atoms. The number of carboxylic acid groups (broad SMARTS) is 1. The molecule has 6 heteroatoms. The molecule has 1 atom stereocenters. The maximum absolute atomic E-state index is 11.3. The highest BCUT2D eigenvalue weighted by molar-refractivity contribution is 14.1. The van der Waals surface area contributed by atoms with Crippen molar-refractivity contribution in [2.45, 2.75) is 10.1 Å². The van der Waals surface area contributed by atoms with E-state index in [0.717, 1.165) is 22.6 Å². The van der Waals surface area contributed by atoms with E-state index in [0.29, 0.717) is 0 Å². The lowest BCUT2D eigenvalue weighted by Gasteiger charge is -2.07. The maximum atomic E-state index is 11.3. The van der Waals surface area contributed by atoms with Crippen LogP contribution >= 0.6 is 22.6 Å². The highest BCUT2D eigenvalue weighted by Gasteiger charge is 2.42. The number of hydrogen-bond donors (Lipinski definition) is 1. The number of carbonyl (C=O) groups is 1. The minimum absolute atomic E-state index is 0.814. The Labute approximate surface area is 62.2 Å². The van der Waals surface area contributed by atoms with Crippen molar-refractivity contribution in [1.82, 2.24) is 0 Å². The first-order valence-electron chi connectivity index (χ1n) is 1.79. The Hall–Kier alpha value is -0.0100. The fourth-order valence-corrected chi connectivity index (χ4v) is 0.140. The van der Waals surface area contributed by atoms with Gasteiger partial charge in [0, 0.05) is 0 Å². The highest BCUT2D eigenvalue weighted by Crippen LogP contribution is 2.26. The molecular weight excluding hydrogens is 252 g/mol. The molecule has 0 saturated heterocycles. The molecule has 1 N–H and O–H groups in total. The third-order valence-corrected chi connectivity index (χ3v) is 1.74. The highest BCUT2D eigenvalue weighted by atomic mass is 127. The van der Waals surface area contributed by atoms with E-state index in [1.54, 1.807) is 0 Å². The molecule has 0 fully saturated rings. The SMILES string of the molecule is O=C(O)[C@@H](I)C(F)(F)F. The number of rotatable bonds is 1. The van der Waals surface area contributed by atoms with Crippen LogP contribution in [0, 0.1) is 0 Å². The third kappa shape index (κ3) is 2.87. The minimum Gasteiger partial charge on any atom is -0.480 e. The summed E-state index contributed by atoms with van der Waals surface area (Å²) in [6, 6.07) is 0. The minimum atomic E-state index is -4.63. The predicted octanol–water partition coefficient (Wildman–Crippen LogP) is 1.44. The smallest absolute Gasteiger partial charge is 0.411 e. The van der Waals surface area contributed by atoms with Crippen molar-refractivity contribution in [2.24, 2.45) is 0 Å². The van der Waals surface area contributed by atoms with Crippen LogP contribution in [0.5, 0.6) is 0 Å². The second-order valence-electron chi connectivity index (χ2n) is 1.24. The Morgan fingerprint density at radius 2 is 1.89 bits per heavy atom. The Balaban J connectivity index is 4.04. The van der Waals surface area contributed by atoms with E-state index in [9.17, 15) is 18.0 Å². The largest absolute Gasteiger partial charge is 0.480 e. The van der Waals surface area contributed by atoms with Crippen LogP contribution in [0.2, 0.25) is 0 Å². The fraction of sp³-hybridized carbons (Fsp3) is 0.667. The van der Waals surface area contributed by atoms with Gasteiger partial charge in [-0.05, 0) is 0 Å². The lowest BCUT2D eigenvalue weighted by molar-refractivity contribution is -0.160. The maximum Gasteiger partial charge on any atom is 0.411 e. The van der Waals surface area contributed by atoms with E-state index in [2.05, 4.69) is 0 Å². The molecule has 0 amide bonds. The molecule has 0 aromatic rings. The molecule has 0 radical (unpaired) electrons. The average molecular weight is 254 g/mol. The summed E-state index contributed by atoms with van der Waals surface area (Å²) in [6.45, 7) is 0. The quantitative estimate of drug-likeness (QED) is 0.567. The van der Waals surface area contributed by atoms with Crippen molar-refractivity contribution in [3.8, 4) is 0 Å². The molecule has 0 aromatic heterocycles. The number of alkyl halides is 4. The summed E-state index contributed by atoms with van der Waals surface area (Å²) in [6.07, 6.45) is -4.63. The van der Waals surface area contributed by atoms with Crippen LogP contribution in [0.25, 0.3) is 0 Å². The van der Waals surface area contributed by atoms with Crippen LogP contribution in [0.4, 0.5) is 13.2 Å². The molecular formula is C3H2F3IO2. The molecule has 0 rings (SSSR count). The van der Waals surface area contributed by atoms with E-state index >= 15 is 0 Å². The van der Waals surface area contributed by atoms with Gasteiger partial charge in [0.1, 0.15) is 0 Å². The van der Waals surface area contributed by atoms with Gasteiger partial charge in [-0.15, -0.1) is 0 Å². The van der Waals surface area contributed by atoms with E-state index < -0.39 is 16.1 Å². The molecule has 0 bridgehead atoms. The summed E-state index contributed by atoms with van der Waals surface area (Å²) in [5, 5.41) is 7.79. The third-order valence-electron chi connectivity index (χ3n) is 0.504. The Kier molecular flexibility index (Phi) is 2.71. The standard InChI is InChI=1S/C3H2F3IO2/c4-3(5,6)1(7)2(8)9/h1H,(H,8,9)/t1-/m1/s1. The van der Waals surface area contributed by atoms with Crippen LogP contribution in [0.3, 0.4) is 0 Å². The summed E-state index contributed by atoms with van der Waals surface area (Å²) in [7, 11) is 0. The zero-order valence-corrected chi connectivity index (χ0v) is 6.10. The Morgan fingerprint density at radius 1 is 1.56 bits per heavy atom. The van der Waals surface area contributed by atoms with Crippen LogP contribution < -0.4 is 0 Å². The zero-order chi connectivity index (χ0) is 7.65. The monoisotopic (exact) mass is 254 g/mol.